The van der Waals surface area contributed by atoms with Crippen molar-refractivity contribution in [3.63, 3.8) is 0 Å². The van der Waals surface area contributed by atoms with Crippen molar-refractivity contribution in [2.75, 3.05) is 0 Å². The second-order valence-corrected chi connectivity index (χ2v) is 23.9. The predicted molar refractivity (Wildman–Crippen MR) is 93.6 cm³/mol. The number of hydrogen-bond donors (Lipinski definition) is 0. The lowest BCUT2D eigenvalue weighted by Crippen LogP contribution is -2.72. The van der Waals surface area contributed by atoms with Crippen LogP contribution in [0.5, 0.6) is 0 Å². The van der Waals surface area contributed by atoms with E-state index in [1.807, 2.05) is 0 Å². The number of rotatable bonds is 5. The lowest BCUT2D eigenvalue weighted by molar-refractivity contribution is 0.415. The molecule has 0 radical (unpaired) electrons. The summed E-state index contributed by atoms with van der Waals surface area (Å²) < 4.78 is 0. The molecular formula is C18H34Si2. The summed E-state index contributed by atoms with van der Waals surface area (Å²) in [5, 5.41) is 0. The van der Waals surface area contributed by atoms with Gasteiger partial charge in [-0.1, -0.05) is 90.1 Å². The van der Waals surface area contributed by atoms with Crippen LogP contribution in [0.4, 0.5) is 0 Å². The third-order valence-corrected chi connectivity index (χ3v) is 32.3. The summed E-state index contributed by atoms with van der Waals surface area (Å²) in [7, 11) is -1.93. The molecule has 0 spiro atoms. The van der Waals surface area contributed by atoms with Crippen LogP contribution in [0.15, 0.2) is 0 Å². The van der Waals surface area contributed by atoms with Crippen LogP contribution >= 0.6 is 0 Å². The van der Waals surface area contributed by atoms with Crippen molar-refractivity contribution in [3.05, 3.63) is 0 Å². The molecule has 0 aliphatic heterocycles. The Balaban J connectivity index is 1.69. The molecule has 0 heterocycles. The van der Waals surface area contributed by atoms with Crippen LogP contribution in [0, 0.1) is 0 Å². The second kappa shape index (κ2) is 4.97. The third kappa shape index (κ3) is 1.70. The lowest BCUT2D eigenvalue weighted by Gasteiger charge is -2.65. The van der Waals surface area contributed by atoms with Crippen LogP contribution in [0.3, 0.4) is 0 Å². The topological polar surface area (TPSA) is 0 Å². The van der Waals surface area contributed by atoms with E-state index in [1.54, 1.807) is 77.0 Å². The van der Waals surface area contributed by atoms with Gasteiger partial charge in [0.05, 0.1) is 15.2 Å². The molecule has 2 heteroatoms. The van der Waals surface area contributed by atoms with E-state index in [9.17, 15) is 0 Å². The zero-order chi connectivity index (χ0) is 13.8. The van der Waals surface area contributed by atoms with Crippen molar-refractivity contribution in [2.24, 2.45) is 0 Å². The van der Waals surface area contributed by atoms with Crippen molar-refractivity contribution in [3.8, 4) is 0 Å². The maximum atomic E-state index is 2.98. The van der Waals surface area contributed by atoms with Crippen LogP contribution in [0.1, 0.15) is 77.0 Å². The minimum absolute atomic E-state index is 0.963. The first-order chi connectivity index (χ1) is 9.67. The van der Waals surface area contributed by atoms with E-state index in [2.05, 4.69) is 13.1 Å². The van der Waals surface area contributed by atoms with Gasteiger partial charge in [-0.3, -0.25) is 0 Å². The van der Waals surface area contributed by atoms with Gasteiger partial charge in [0.15, 0.2) is 0 Å². The fourth-order valence-electron chi connectivity index (χ4n) is 6.46. The van der Waals surface area contributed by atoms with Gasteiger partial charge in [-0.05, 0) is 22.2 Å². The standard InChI is InChI=1S/C18H34Si2/c1-19(15-7-3-8-15,16-9-4-10-16)20(2,17-11-5-12-17)18-13-6-14-18/h15-18H,3-14H2,1-2H3. The fourth-order valence-corrected chi connectivity index (χ4v) is 31.8. The van der Waals surface area contributed by atoms with Crippen LogP contribution in [-0.2, 0) is 0 Å². The molecule has 0 aromatic carbocycles. The first-order valence-electron chi connectivity index (χ1n) is 9.67. The van der Waals surface area contributed by atoms with Gasteiger partial charge >= 0.3 is 0 Å². The van der Waals surface area contributed by atoms with E-state index in [0.717, 1.165) is 0 Å². The quantitative estimate of drug-likeness (QED) is 0.513. The van der Waals surface area contributed by atoms with Crippen molar-refractivity contribution >= 4 is 15.2 Å². The zero-order valence-corrected chi connectivity index (χ0v) is 15.8. The van der Waals surface area contributed by atoms with Crippen molar-refractivity contribution in [1.82, 2.24) is 0 Å². The molecule has 4 aliphatic carbocycles. The monoisotopic (exact) mass is 306 g/mol. The highest BCUT2D eigenvalue weighted by molar-refractivity contribution is 7.43. The molecule has 0 aromatic rings. The first-order valence-corrected chi connectivity index (χ1v) is 16.0. The Hall–Kier alpha value is 0.434. The zero-order valence-electron chi connectivity index (χ0n) is 13.8. The molecule has 0 bridgehead atoms. The Morgan fingerprint density at radius 3 is 0.750 bits per heavy atom. The van der Waals surface area contributed by atoms with Gasteiger partial charge in [-0.25, -0.2) is 0 Å². The Morgan fingerprint density at radius 2 is 0.650 bits per heavy atom. The second-order valence-electron chi connectivity index (χ2n) is 9.08. The predicted octanol–water partition coefficient (Wildman–Crippen LogP) is 6.44. The maximum Gasteiger partial charge on any atom is 0.0512 e. The molecule has 0 aromatic heterocycles. The molecule has 4 saturated carbocycles. The van der Waals surface area contributed by atoms with Crippen molar-refractivity contribution in [1.29, 1.82) is 0 Å². The summed E-state index contributed by atoms with van der Waals surface area (Å²) in [6.45, 7) is 5.95. The van der Waals surface area contributed by atoms with Crippen molar-refractivity contribution < 1.29 is 0 Å². The Labute approximate surface area is 127 Å². The molecule has 0 saturated heterocycles. The van der Waals surface area contributed by atoms with Crippen LogP contribution < -0.4 is 0 Å². The Morgan fingerprint density at radius 1 is 0.450 bits per heavy atom. The Bertz CT molecular complexity index is 298. The van der Waals surface area contributed by atoms with Gasteiger partial charge in [0.1, 0.15) is 0 Å². The van der Waals surface area contributed by atoms with Gasteiger partial charge in [-0.15, -0.1) is 0 Å². The lowest BCUT2D eigenvalue weighted by atomic mass is 9.98. The van der Waals surface area contributed by atoms with Gasteiger partial charge in [0.25, 0.3) is 0 Å². The van der Waals surface area contributed by atoms with E-state index in [1.165, 1.54) is 22.2 Å². The summed E-state index contributed by atoms with van der Waals surface area (Å²) in [4.78, 5) is 0. The summed E-state index contributed by atoms with van der Waals surface area (Å²) in [6, 6.07) is 0. The molecule has 4 fully saturated rings. The van der Waals surface area contributed by atoms with Crippen molar-refractivity contribution in [2.45, 2.75) is 112 Å². The minimum Gasteiger partial charge on any atom is -0.0707 e. The SMILES string of the molecule is C[Si](C1CCC1)(C1CCC1)[Si](C)(C1CCC1)C1CCC1. The fraction of sp³-hybridized carbons (Fsp3) is 1.00. The largest absolute Gasteiger partial charge is 0.0707 e. The van der Waals surface area contributed by atoms with Crippen LogP contribution in [-0.4, -0.2) is 15.2 Å². The molecule has 4 aliphatic rings. The highest BCUT2D eigenvalue weighted by atomic mass is 29.3. The highest BCUT2D eigenvalue weighted by Gasteiger charge is 2.65. The summed E-state index contributed by atoms with van der Waals surface area (Å²) in [6.07, 6.45) is 19.6. The minimum atomic E-state index is -0.963. The van der Waals surface area contributed by atoms with Gasteiger partial charge < -0.3 is 0 Å². The molecule has 4 rings (SSSR count). The average Bonchev–Trinajstić information content (AvgIpc) is 2.03. The van der Waals surface area contributed by atoms with E-state index < -0.39 is 15.2 Å². The van der Waals surface area contributed by atoms with Crippen LogP contribution in [0.25, 0.3) is 0 Å². The molecule has 0 N–H and O–H groups in total. The van der Waals surface area contributed by atoms with E-state index in [-0.39, 0.29) is 0 Å². The summed E-state index contributed by atoms with van der Waals surface area (Å²) in [5.74, 6) is 0. The van der Waals surface area contributed by atoms with E-state index in [0.29, 0.717) is 0 Å². The van der Waals surface area contributed by atoms with Crippen LogP contribution in [0.2, 0.25) is 35.3 Å². The highest BCUT2D eigenvalue weighted by Crippen LogP contribution is 2.65. The number of hydrogen-bond acceptors (Lipinski definition) is 0. The first kappa shape index (κ1) is 14.1. The summed E-state index contributed by atoms with van der Waals surface area (Å²) in [5.41, 5.74) is 5.13. The Kier molecular flexibility index (Phi) is 3.50. The smallest absolute Gasteiger partial charge is 0.0512 e. The van der Waals surface area contributed by atoms with Gasteiger partial charge in [0, 0.05) is 0 Å². The molecule has 114 valence electrons. The molecule has 20 heavy (non-hydrogen) atoms. The maximum absolute atomic E-state index is 2.98. The normalized spacial score (nSPS) is 30.3. The molecule has 0 atom stereocenters. The van der Waals surface area contributed by atoms with E-state index >= 15 is 0 Å². The molecule has 0 amide bonds. The molecular weight excluding hydrogens is 272 g/mol. The average molecular weight is 307 g/mol. The third-order valence-electron chi connectivity index (χ3n) is 8.97. The molecule has 0 unspecified atom stereocenters. The van der Waals surface area contributed by atoms with Gasteiger partial charge in [-0.2, -0.15) is 0 Å². The molecule has 0 nitrogen and oxygen atoms in total. The van der Waals surface area contributed by atoms with E-state index in [4.69, 9.17) is 0 Å². The summed E-state index contributed by atoms with van der Waals surface area (Å²) >= 11 is 0. The van der Waals surface area contributed by atoms with Gasteiger partial charge in [0.2, 0.25) is 0 Å².